The van der Waals surface area contributed by atoms with E-state index in [4.69, 9.17) is 4.74 Å². The van der Waals surface area contributed by atoms with E-state index >= 15 is 0 Å². The first-order chi connectivity index (χ1) is 22.2. The highest BCUT2D eigenvalue weighted by molar-refractivity contribution is 7.14. The molecule has 0 radical (unpaired) electrons. The number of nitrogens with zero attached hydrogens (tertiary/aromatic N) is 2. The number of thiazole rings is 2. The van der Waals surface area contributed by atoms with Crippen molar-refractivity contribution in [2.24, 2.45) is 0 Å². The fourth-order valence-electron chi connectivity index (χ4n) is 5.91. The number of benzene rings is 3. The molecule has 0 saturated heterocycles. The van der Waals surface area contributed by atoms with Gasteiger partial charge < -0.3 is 20.5 Å². The van der Waals surface area contributed by atoms with Crippen LogP contribution in [0.1, 0.15) is 82.4 Å². The van der Waals surface area contributed by atoms with Crippen LogP contribution in [0.15, 0.2) is 78.9 Å². The first-order valence-electron chi connectivity index (χ1n) is 14.8. The summed E-state index contributed by atoms with van der Waals surface area (Å²) in [6.07, 6.45) is -0.270. The van der Waals surface area contributed by atoms with E-state index in [9.17, 15) is 19.5 Å². The summed E-state index contributed by atoms with van der Waals surface area (Å²) in [5.41, 5.74) is 6.14. The van der Waals surface area contributed by atoms with Crippen molar-refractivity contribution < 1.29 is 24.2 Å². The molecule has 2 heterocycles. The topological polar surface area (TPSA) is 131 Å². The summed E-state index contributed by atoms with van der Waals surface area (Å²) in [5, 5.41) is 17.0. The van der Waals surface area contributed by atoms with E-state index < -0.39 is 30.1 Å². The van der Waals surface area contributed by atoms with Crippen LogP contribution >= 0.6 is 22.7 Å². The smallest absolute Gasteiger partial charge is 0.407 e. The minimum Gasteiger partial charge on any atom is -0.477 e. The fraction of sp³-hybridized carbons (Fsp3) is 0.229. The van der Waals surface area contributed by atoms with Gasteiger partial charge in [0.25, 0.3) is 5.91 Å². The third-order valence-electron chi connectivity index (χ3n) is 7.93. The summed E-state index contributed by atoms with van der Waals surface area (Å²) in [5.74, 6) is -1.60. The number of aromatic nitrogens is 2. The Morgan fingerprint density at radius 2 is 1.37 bits per heavy atom. The number of hydrogen-bond acceptors (Lipinski definition) is 8. The number of aromatic carboxylic acids is 1. The van der Waals surface area contributed by atoms with Gasteiger partial charge in [0.1, 0.15) is 16.4 Å². The van der Waals surface area contributed by atoms with Gasteiger partial charge in [-0.3, -0.25) is 4.79 Å². The standard InChI is InChI=1S/C35H32N4O5S2/c1-19(36-35(43)44-18-27-25-15-9-7-13-23(25)24-14-8-10-16-26(24)27)29-31(45-20(2)37-29)33(40)39-28(17-22-11-5-4-6-12-22)30-32(34(41)42)46-21(3)38-30/h4-16,19,27-28H,17-18H2,1-3H3,(H,36,43)(H,39,40)(H,41,42)/t19-,28-/m0/s1. The number of fused-ring (bicyclic) bond motifs is 3. The van der Waals surface area contributed by atoms with E-state index in [2.05, 4.69) is 44.9 Å². The van der Waals surface area contributed by atoms with E-state index in [0.717, 1.165) is 39.2 Å². The van der Waals surface area contributed by atoms with Crippen molar-refractivity contribution in [3.63, 3.8) is 0 Å². The maximum atomic E-state index is 13.8. The summed E-state index contributed by atoms with van der Waals surface area (Å²) < 4.78 is 5.73. The van der Waals surface area contributed by atoms with E-state index in [1.54, 1.807) is 20.8 Å². The van der Waals surface area contributed by atoms with Gasteiger partial charge in [0.05, 0.1) is 33.5 Å². The molecule has 9 nitrogen and oxygen atoms in total. The molecule has 234 valence electrons. The van der Waals surface area contributed by atoms with Gasteiger partial charge in [-0.25, -0.2) is 19.6 Å². The van der Waals surface area contributed by atoms with Gasteiger partial charge in [0.2, 0.25) is 0 Å². The average molecular weight is 653 g/mol. The molecule has 0 fully saturated rings. The summed E-state index contributed by atoms with van der Waals surface area (Å²) in [7, 11) is 0. The molecule has 0 spiro atoms. The van der Waals surface area contributed by atoms with Crippen LogP contribution in [-0.4, -0.2) is 39.7 Å². The Hall–Kier alpha value is -4.87. The van der Waals surface area contributed by atoms with Crippen LogP contribution in [0.3, 0.4) is 0 Å². The Bertz CT molecular complexity index is 1870. The third-order valence-corrected chi connectivity index (χ3v) is 9.89. The Morgan fingerprint density at radius 3 is 2.00 bits per heavy atom. The lowest BCUT2D eigenvalue weighted by Crippen LogP contribution is -2.33. The van der Waals surface area contributed by atoms with Crippen molar-refractivity contribution in [2.75, 3.05) is 6.61 Å². The van der Waals surface area contributed by atoms with Gasteiger partial charge >= 0.3 is 12.1 Å². The Labute approximate surface area is 274 Å². The lowest BCUT2D eigenvalue weighted by Gasteiger charge is -2.19. The minimum absolute atomic E-state index is 0.0806. The number of carboxylic acid groups (broad SMARTS) is 1. The van der Waals surface area contributed by atoms with Crippen LogP contribution < -0.4 is 10.6 Å². The van der Waals surface area contributed by atoms with Crippen molar-refractivity contribution >= 4 is 40.6 Å². The van der Waals surface area contributed by atoms with Crippen LogP contribution in [0.5, 0.6) is 0 Å². The number of carbonyl (C=O) groups is 3. The Kier molecular flexibility index (Phi) is 8.96. The van der Waals surface area contributed by atoms with Gasteiger partial charge in [-0.15, -0.1) is 22.7 Å². The molecule has 46 heavy (non-hydrogen) atoms. The fourth-order valence-corrected chi connectivity index (χ4v) is 7.64. The highest BCUT2D eigenvalue weighted by Gasteiger charge is 2.31. The average Bonchev–Trinajstić information content (AvgIpc) is 3.73. The number of ether oxygens (including phenoxy) is 1. The van der Waals surface area contributed by atoms with Gasteiger partial charge in [-0.05, 0) is 55.0 Å². The van der Waals surface area contributed by atoms with E-state index in [-0.39, 0.29) is 17.4 Å². The van der Waals surface area contributed by atoms with Gasteiger partial charge in [-0.1, -0.05) is 78.9 Å². The molecule has 2 aromatic heterocycles. The van der Waals surface area contributed by atoms with Crippen molar-refractivity contribution in [3.8, 4) is 11.1 Å². The van der Waals surface area contributed by atoms with E-state index in [1.165, 1.54) is 11.3 Å². The second-order valence-electron chi connectivity index (χ2n) is 11.1. The molecule has 6 rings (SSSR count). The van der Waals surface area contributed by atoms with Gasteiger partial charge in [0, 0.05) is 5.92 Å². The lowest BCUT2D eigenvalue weighted by molar-refractivity contribution is 0.0698. The van der Waals surface area contributed by atoms with Crippen LogP contribution in [-0.2, 0) is 11.2 Å². The zero-order valence-corrected chi connectivity index (χ0v) is 27.1. The summed E-state index contributed by atoms with van der Waals surface area (Å²) in [4.78, 5) is 48.4. The normalized spacial score (nSPS) is 13.4. The Balaban J connectivity index is 1.17. The van der Waals surface area contributed by atoms with E-state index in [0.29, 0.717) is 32.7 Å². The molecule has 1 aliphatic rings. The van der Waals surface area contributed by atoms with Crippen LogP contribution in [0.4, 0.5) is 4.79 Å². The number of amides is 2. The number of nitrogens with one attached hydrogen (secondary N) is 2. The molecule has 0 bridgehead atoms. The number of carboxylic acids is 1. The molecule has 2 amide bonds. The molecule has 5 aromatic rings. The van der Waals surface area contributed by atoms with Crippen LogP contribution in [0, 0.1) is 13.8 Å². The monoisotopic (exact) mass is 652 g/mol. The first kappa shape index (κ1) is 31.1. The summed E-state index contributed by atoms with van der Waals surface area (Å²) in [6.45, 7) is 5.44. The molecule has 3 N–H and O–H groups in total. The largest absolute Gasteiger partial charge is 0.477 e. The van der Waals surface area contributed by atoms with Crippen molar-refractivity contribution in [2.45, 2.75) is 45.2 Å². The number of carbonyl (C=O) groups excluding carboxylic acids is 2. The maximum absolute atomic E-state index is 13.8. The SMILES string of the molecule is Cc1nc([C@H](C)NC(=O)OCC2c3ccccc3-c3ccccc32)c(C(=O)N[C@@H](Cc2ccccc2)c2nc(C)sc2C(=O)O)s1. The molecule has 2 atom stereocenters. The first-order valence-corrected chi connectivity index (χ1v) is 16.5. The zero-order valence-electron chi connectivity index (χ0n) is 25.4. The zero-order chi connectivity index (χ0) is 32.4. The highest BCUT2D eigenvalue weighted by atomic mass is 32.1. The lowest BCUT2D eigenvalue weighted by atomic mass is 9.98. The predicted molar refractivity (Wildman–Crippen MR) is 178 cm³/mol. The van der Waals surface area contributed by atoms with Crippen molar-refractivity contribution in [3.05, 3.63) is 127 Å². The van der Waals surface area contributed by atoms with Gasteiger partial charge in [-0.2, -0.15) is 0 Å². The molecule has 0 unspecified atom stereocenters. The van der Waals surface area contributed by atoms with Crippen LogP contribution in [0.2, 0.25) is 0 Å². The second kappa shape index (κ2) is 13.2. The minimum atomic E-state index is -1.09. The Morgan fingerprint density at radius 1 is 0.804 bits per heavy atom. The molecule has 0 aliphatic heterocycles. The number of hydrogen-bond donors (Lipinski definition) is 3. The molecule has 0 saturated carbocycles. The molecular weight excluding hydrogens is 621 g/mol. The highest BCUT2D eigenvalue weighted by Crippen LogP contribution is 2.44. The maximum Gasteiger partial charge on any atom is 0.407 e. The third kappa shape index (κ3) is 6.42. The number of rotatable bonds is 10. The van der Waals surface area contributed by atoms with E-state index in [1.807, 2.05) is 54.6 Å². The van der Waals surface area contributed by atoms with Crippen molar-refractivity contribution in [1.82, 2.24) is 20.6 Å². The summed E-state index contributed by atoms with van der Waals surface area (Å²) >= 11 is 2.28. The molecule has 3 aromatic carbocycles. The number of alkyl carbamates (subject to hydrolysis) is 1. The molecule has 11 heteroatoms. The quantitative estimate of drug-likeness (QED) is 0.145. The molecule has 1 aliphatic carbocycles. The van der Waals surface area contributed by atoms with Crippen LogP contribution in [0.25, 0.3) is 11.1 Å². The molecular formula is C35H32N4O5S2. The predicted octanol–water partition coefficient (Wildman–Crippen LogP) is 7.23. The number of aryl methyl sites for hydroxylation is 2. The second-order valence-corrected chi connectivity index (χ2v) is 13.5. The van der Waals surface area contributed by atoms with Crippen molar-refractivity contribution in [1.29, 1.82) is 0 Å². The van der Waals surface area contributed by atoms with Gasteiger partial charge in [0.15, 0.2) is 0 Å². The summed E-state index contributed by atoms with van der Waals surface area (Å²) in [6, 6.07) is 24.4.